The zero-order valence-corrected chi connectivity index (χ0v) is 15.6. The Morgan fingerprint density at radius 1 is 1.32 bits per heavy atom. The molecule has 25 heavy (non-hydrogen) atoms. The number of carbonyl (C=O) groups excluding carboxylic acids is 1. The maximum atomic E-state index is 12.6. The van der Waals surface area contributed by atoms with Crippen molar-refractivity contribution < 1.29 is 9.53 Å². The van der Waals surface area contributed by atoms with Gasteiger partial charge in [0.2, 0.25) is 5.91 Å². The van der Waals surface area contributed by atoms with Crippen LogP contribution in [0.5, 0.6) is 0 Å². The van der Waals surface area contributed by atoms with E-state index in [9.17, 15) is 4.79 Å². The normalized spacial score (nSPS) is 23.8. The van der Waals surface area contributed by atoms with E-state index in [0.717, 1.165) is 69.4 Å². The summed E-state index contributed by atoms with van der Waals surface area (Å²) in [5, 5.41) is 4.28. The fourth-order valence-electron chi connectivity index (χ4n) is 3.89. The Bertz CT molecular complexity index is 649. The number of hydrogen-bond donors (Lipinski definition) is 1. The SMILES string of the molecule is O=C(NCC1=CCCCC1)C1CCc2sc(N3CCOCC3)nc2C1. The monoisotopic (exact) mass is 361 g/mol. The zero-order chi connectivity index (χ0) is 17.1. The van der Waals surface area contributed by atoms with Gasteiger partial charge in [-0.25, -0.2) is 4.98 Å². The number of morpholine rings is 1. The molecular weight excluding hydrogens is 334 g/mol. The van der Waals surface area contributed by atoms with Gasteiger partial charge in [0.25, 0.3) is 0 Å². The lowest BCUT2D eigenvalue weighted by Crippen LogP contribution is -2.36. The zero-order valence-electron chi connectivity index (χ0n) is 14.8. The van der Waals surface area contributed by atoms with Gasteiger partial charge in [0, 0.05) is 36.9 Å². The standard InChI is InChI=1S/C19H27N3O2S/c23-18(20-13-14-4-2-1-3-5-14)15-6-7-17-16(12-15)21-19(25-17)22-8-10-24-11-9-22/h4,15H,1-3,5-13H2,(H,20,23). The average molecular weight is 362 g/mol. The fraction of sp³-hybridized carbons (Fsp3) is 0.684. The number of nitrogens with one attached hydrogen (secondary N) is 1. The van der Waals surface area contributed by atoms with Gasteiger partial charge in [0.05, 0.1) is 18.9 Å². The number of hydrogen-bond acceptors (Lipinski definition) is 5. The molecule has 1 unspecified atom stereocenters. The summed E-state index contributed by atoms with van der Waals surface area (Å²) in [6.07, 6.45) is 9.89. The Labute approximate surface area is 153 Å². The second-order valence-electron chi connectivity index (χ2n) is 7.23. The first-order valence-corrected chi connectivity index (χ1v) is 10.4. The molecule has 1 aliphatic heterocycles. The van der Waals surface area contributed by atoms with Crippen molar-refractivity contribution in [2.45, 2.75) is 44.9 Å². The summed E-state index contributed by atoms with van der Waals surface area (Å²) in [5.41, 5.74) is 2.55. The molecule has 5 nitrogen and oxygen atoms in total. The number of aryl methyl sites for hydroxylation is 1. The summed E-state index contributed by atoms with van der Waals surface area (Å²) in [6, 6.07) is 0. The summed E-state index contributed by atoms with van der Waals surface area (Å²) in [7, 11) is 0. The van der Waals surface area contributed by atoms with E-state index in [4.69, 9.17) is 9.72 Å². The Morgan fingerprint density at radius 2 is 2.20 bits per heavy atom. The number of ether oxygens (including phenoxy) is 1. The average Bonchev–Trinajstić information content (AvgIpc) is 3.11. The van der Waals surface area contributed by atoms with Crippen molar-refractivity contribution in [1.29, 1.82) is 0 Å². The number of amides is 1. The first kappa shape index (κ1) is 17.0. The van der Waals surface area contributed by atoms with Crippen LogP contribution in [0.15, 0.2) is 11.6 Å². The molecule has 2 heterocycles. The summed E-state index contributed by atoms with van der Waals surface area (Å²) >= 11 is 1.81. The molecule has 0 aromatic carbocycles. The predicted molar refractivity (Wildman–Crippen MR) is 100 cm³/mol. The van der Waals surface area contributed by atoms with Gasteiger partial charge in [0.1, 0.15) is 0 Å². The molecule has 0 radical (unpaired) electrons. The van der Waals surface area contributed by atoms with Gasteiger partial charge in [-0.3, -0.25) is 4.79 Å². The predicted octanol–water partition coefficient (Wildman–Crippen LogP) is 2.70. The molecule has 1 fully saturated rings. The fourth-order valence-corrected chi connectivity index (χ4v) is 5.04. The number of thiazole rings is 1. The summed E-state index contributed by atoms with van der Waals surface area (Å²) in [6.45, 7) is 4.14. The van der Waals surface area contributed by atoms with Gasteiger partial charge in [-0.05, 0) is 38.5 Å². The Hall–Kier alpha value is -1.40. The van der Waals surface area contributed by atoms with Gasteiger partial charge in [-0.15, -0.1) is 11.3 Å². The third kappa shape index (κ3) is 4.06. The molecule has 136 valence electrons. The lowest BCUT2D eigenvalue weighted by molar-refractivity contribution is -0.125. The highest BCUT2D eigenvalue weighted by Gasteiger charge is 2.28. The number of allylic oxidation sites excluding steroid dienone is 1. The Balaban J connectivity index is 1.34. The van der Waals surface area contributed by atoms with Gasteiger partial charge in [-0.1, -0.05) is 11.6 Å². The molecule has 0 bridgehead atoms. The van der Waals surface area contributed by atoms with E-state index in [-0.39, 0.29) is 11.8 Å². The van der Waals surface area contributed by atoms with Gasteiger partial charge in [-0.2, -0.15) is 0 Å². The molecule has 4 rings (SSSR count). The summed E-state index contributed by atoms with van der Waals surface area (Å²) < 4.78 is 5.43. The smallest absolute Gasteiger partial charge is 0.223 e. The van der Waals surface area contributed by atoms with E-state index in [1.54, 1.807) is 0 Å². The van der Waals surface area contributed by atoms with Crippen LogP contribution < -0.4 is 10.2 Å². The van der Waals surface area contributed by atoms with Crippen LogP contribution in [0.1, 0.15) is 42.7 Å². The Morgan fingerprint density at radius 3 is 3.00 bits per heavy atom. The second-order valence-corrected chi connectivity index (χ2v) is 8.29. The van der Waals surface area contributed by atoms with Crippen molar-refractivity contribution in [2.75, 3.05) is 37.7 Å². The summed E-state index contributed by atoms with van der Waals surface area (Å²) in [4.78, 5) is 21.1. The summed E-state index contributed by atoms with van der Waals surface area (Å²) in [5.74, 6) is 0.286. The van der Waals surface area contributed by atoms with Crippen LogP contribution in [0.4, 0.5) is 5.13 Å². The van der Waals surface area contributed by atoms with Crippen molar-refractivity contribution in [1.82, 2.24) is 10.3 Å². The topological polar surface area (TPSA) is 54.5 Å². The number of rotatable bonds is 4. The van der Waals surface area contributed by atoms with E-state index in [1.807, 2.05) is 11.3 Å². The first-order chi connectivity index (χ1) is 12.3. The lowest BCUT2D eigenvalue weighted by atomic mass is 9.90. The van der Waals surface area contributed by atoms with Crippen molar-refractivity contribution in [3.63, 3.8) is 0 Å². The molecule has 0 saturated carbocycles. The molecule has 6 heteroatoms. The molecule has 1 aromatic heterocycles. The second kappa shape index (κ2) is 7.87. The van der Waals surface area contributed by atoms with Crippen LogP contribution in [-0.2, 0) is 22.4 Å². The van der Waals surface area contributed by atoms with E-state index in [1.165, 1.54) is 29.7 Å². The third-order valence-electron chi connectivity index (χ3n) is 5.45. The van der Waals surface area contributed by atoms with E-state index < -0.39 is 0 Å². The molecular formula is C19H27N3O2S. The quantitative estimate of drug-likeness (QED) is 0.838. The maximum Gasteiger partial charge on any atom is 0.223 e. The molecule has 2 aliphatic carbocycles. The molecule has 0 spiro atoms. The van der Waals surface area contributed by atoms with Gasteiger partial charge in [0.15, 0.2) is 5.13 Å². The number of nitrogens with zero attached hydrogens (tertiary/aromatic N) is 2. The first-order valence-electron chi connectivity index (χ1n) is 9.56. The highest BCUT2D eigenvalue weighted by Crippen LogP contribution is 2.34. The lowest BCUT2D eigenvalue weighted by Gasteiger charge is -2.26. The number of aromatic nitrogens is 1. The number of fused-ring (bicyclic) bond motifs is 1. The van der Waals surface area contributed by atoms with Crippen LogP contribution in [0, 0.1) is 5.92 Å². The van der Waals surface area contributed by atoms with Crippen LogP contribution in [-0.4, -0.2) is 43.7 Å². The maximum absolute atomic E-state index is 12.6. The van der Waals surface area contributed by atoms with Crippen molar-refractivity contribution in [3.8, 4) is 0 Å². The largest absolute Gasteiger partial charge is 0.378 e. The highest BCUT2D eigenvalue weighted by atomic mass is 32.1. The molecule has 1 atom stereocenters. The number of anilines is 1. The minimum absolute atomic E-state index is 0.0799. The highest BCUT2D eigenvalue weighted by molar-refractivity contribution is 7.15. The molecule has 1 N–H and O–H groups in total. The minimum Gasteiger partial charge on any atom is -0.378 e. The van der Waals surface area contributed by atoms with Crippen LogP contribution in [0.3, 0.4) is 0 Å². The van der Waals surface area contributed by atoms with E-state index in [0.29, 0.717) is 0 Å². The van der Waals surface area contributed by atoms with E-state index >= 15 is 0 Å². The Kier molecular flexibility index (Phi) is 5.36. The van der Waals surface area contributed by atoms with Crippen LogP contribution >= 0.6 is 11.3 Å². The van der Waals surface area contributed by atoms with Crippen molar-refractivity contribution in [2.24, 2.45) is 5.92 Å². The minimum atomic E-state index is 0.0799. The molecule has 1 amide bonds. The third-order valence-corrected chi connectivity index (χ3v) is 6.67. The molecule has 3 aliphatic rings. The van der Waals surface area contributed by atoms with E-state index in [2.05, 4.69) is 16.3 Å². The van der Waals surface area contributed by atoms with Crippen LogP contribution in [0.2, 0.25) is 0 Å². The van der Waals surface area contributed by atoms with Crippen molar-refractivity contribution >= 4 is 22.4 Å². The van der Waals surface area contributed by atoms with Gasteiger partial charge < -0.3 is 15.0 Å². The van der Waals surface area contributed by atoms with Gasteiger partial charge >= 0.3 is 0 Å². The van der Waals surface area contributed by atoms with Crippen LogP contribution in [0.25, 0.3) is 0 Å². The number of carbonyl (C=O) groups is 1. The molecule has 1 saturated heterocycles. The van der Waals surface area contributed by atoms with Crippen molar-refractivity contribution in [3.05, 3.63) is 22.2 Å². The molecule has 1 aromatic rings.